The summed E-state index contributed by atoms with van der Waals surface area (Å²) in [7, 11) is 0. The molecule has 3 rings (SSSR count). The zero-order chi connectivity index (χ0) is 14.3. The summed E-state index contributed by atoms with van der Waals surface area (Å²) < 4.78 is 0. The molecule has 1 fully saturated rings. The molecular weight excluding hydrogens is 258 g/mol. The maximum absolute atomic E-state index is 12.1. The van der Waals surface area contributed by atoms with E-state index in [9.17, 15) is 19.8 Å². The Hall–Kier alpha value is -2.14. The number of aliphatic hydroxyl groups is 1. The number of aliphatic hydroxyl groups excluding tert-OH is 1. The lowest BCUT2D eigenvalue weighted by molar-refractivity contribution is -0.127. The van der Waals surface area contributed by atoms with Crippen LogP contribution < -0.4 is 5.32 Å². The van der Waals surface area contributed by atoms with Crippen LogP contribution >= 0.6 is 0 Å². The summed E-state index contributed by atoms with van der Waals surface area (Å²) >= 11 is 0. The Morgan fingerprint density at radius 1 is 1.25 bits per heavy atom. The third-order valence-corrected chi connectivity index (χ3v) is 4.12. The lowest BCUT2D eigenvalue weighted by Gasteiger charge is -2.42. The SMILES string of the molecule is O=C(NC1=CC(=O)[C@H]2CC[C@H]2[C@H]1O)c1ccccc1O. The molecule has 1 aromatic carbocycles. The Bertz CT molecular complexity index is 608. The first-order chi connectivity index (χ1) is 9.58. The smallest absolute Gasteiger partial charge is 0.259 e. The van der Waals surface area contributed by atoms with Crippen molar-refractivity contribution in [2.24, 2.45) is 11.8 Å². The Morgan fingerprint density at radius 3 is 2.65 bits per heavy atom. The number of amides is 1. The number of hydrogen-bond acceptors (Lipinski definition) is 4. The molecule has 0 aromatic heterocycles. The van der Waals surface area contributed by atoms with Crippen molar-refractivity contribution in [3.63, 3.8) is 0 Å². The van der Waals surface area contributed by atoms with Gasteiger partial charge in [0, 0.05) is 17.9 Å². The lowest BCUT2D eigenvalue weighted by Crippen LogP contribution is -2.48. The number of aromatic hydroxyl groups is 1. The minimum absolute atomic E-state index is 0.0425. The second kappa shape index (κ2) is 4.76. The molecule has 0 heterocycles. The molecule has 0 bridgehead atoms. The van der Waals surface area contributed by atoms with Gasteiger partial charge in [0.05, 0.1) is 17.4 Å². The minimum Gasteiger partial charge on any atom is -0.507 e. The van der Waals surface area contributed by atoms with Crippen molar-refractivity contribution in [2.75, 3.05) is 0 Å². The van der Waals surface area contributed by atoms with E-state index < -0.39 is 12.0 Å². The summed E-state index contributed by atoms with van der Waals surface area (Å²) in [6, 6.07) is 6.14. The van der Waals surface area contributed by atoms with Gasteiger partial charge in [-0.2, -0.15) is 0 Å². The topological polar surface area (TPSA) is 86.6 Å². The highest BCUT2D eigenvalue weighted by molar-refractivity contribution is 6.00. The van der Waals surface area contributed by atoms with Gasteiger partial charge in [0.1, 0.15) is 5.75 Å². The van der Waals surface area contributed by atoms with Gasteiger partial charge in [0.15, 0.2) is 5.78 Å². The number of para-hydroxylation sites is 1. The molecule has 2 aliphatic carbocycles. The highest BCUT2D eigenvalue weighted by atomic mass is 16.3. The van der Waals surface area contributed by atoms with Gasteiger partial charge < -0.3 is 15.5 Å². The minimum atomic E-state index is -0.818. The summed E-state index contributed by atoms with van der Waals surface area (Å²) in [5.41, 5.74) is 0.341. The fraction of sp³-hybridized carbons (Fsp3) is 0.333. The number of carbonyl (C=O) groups is 2. The molecule has 5 heteroatoms. The summed E-state index contributed by atoms with van der Waals surface area (Å²) in [6.07, 6.45) is 2.09. The molecule has 1 aromatic rings. The highest BCUT2D eigenvalue weighted by Gasteiger charge is 2.45. The Kier molecular flexibility index (Phi) is 3.06. The molecule has 2 aliphatic rings. The lowest BCUT2D eigenvalue weighted by atomic mass is 9.65. The predicted octanol–water partition coefficient (Wildman–Crippen LogP) is 0.976. The molecule has 0 spiro atoms. The van der Waals surface area contributed by atoms with Gasteiger partial charge in [-0.15, -0.1) is 0 Å². The molecule has 3 N–H and O–H groups in total. The number of carbonyl (C=O) groups excluding carboxylic acids is 2. The fourth-order valence-electron chi connectivity index (χ4n) is 2.81. The van der Waals surface area contributed by atoms with E-state index >= 15 is 0 Å². The predicted molar refractivity (Wildman–Crippen MR) is 70.9 cm³/mol. The van der Waals surface area contributed by atoms with Crippen molar-refractivity contribution in [3.8, 4) is 5.75 Å². The molecule has 0 unspecified atom stereocenters. The number of rotatable bonds is 2. The second-order valence-electron chi connectivity index (χ2n) is 5.27. The number of allylic oxidation sites excluding steroid dienone is 1. The van der Waals surface area contributed by atoms with Crippen LogP contribution in [0, 0.1) is 11.8 Å². The van der Waals surface area contributed by atoms with Crippen LogP contribution in [0.25, 0.3) is 0 Å². The summed E-state index contributed by atoms with van der Waals surface area (Å²) in [4.78, 5) is 23.9. The van der Waals surface area contributed by atoms with Crippen LogP contribution in [-0.4, -0.2) is 28.0 Å². The third kappa shape index (κ3) is 2.00. The van der Waals surface area contributed by atoms with Crippen molar-refractivity contribution in [1.29, 1.82) is 0 Å². The largest absolute Gasteiger partial charge is 0.507 e. The molecule has 0 radical (unpaired) electrons. The number of hydrogen-bond donors (Lipinski definition) is 3. The van der Waals surface area contributed by atoms with Gasteiger partial charge in [0.25, 0.3) is 5.91 Å². The van der Waals surface area contributed by atoms with Crippen LogP contribution in [0.15, 0.2) is 36.0 Å². The molecule has 104 valence electrons. The first-order valence-corrected chi connectivity index (χ1v) is 6.61. The number of phenols is 1. The van der Waals surface area contributed by atoms with Crippen molar-refractivity contribution in [2.45, 2.75) is 18.9 Å². The highest BCUT2D eigenvalue weighted by Crippen LogP contribution is 2.42. The molecule has 1 amide bonds. The van der Waals surface area contributed by atoms with E-state index in [0.29, 0.717) is 0 Å². The molecule has 5 nitrogen and oxygen atoms in total. The molecule has 0 aliphatic heterocycles. The van der Waals surface area contributed by atoms with Gasteiger partial charge in [-0.1, -0.05) is 12.1 Å². The Morgan fingerprint density at radius 2 is 2.00 bits per heavy atom. The fourth-order valence-corrected chi connectivity index (χ4v) is 2.81. The van der Waals surface area contributed by atoms with E-state index in [1.54, 1.807) is 12.1 Å². The number of phenolic OH excluding ortho intramolecular Hbond substituents is 1. The number of nitrogens with one attached hydrogen (secondary N) is 1. The average molecular weight is 273 g/mol. The zero-order valence-corrected chi connectivity index (χ0v) is 10.7. The molecule has 1 saturated carbocycles. The van der Waals surface area contributed by atoms with E-state index in [-0.39, 0.29) is 34.6 Å². The third-order valence-electron chi connectivity index (χ3n) is 4.12. The van der Waals surface area contributed by atoms with Crippen molar-refractivity contribution < 1.29 is 19.8 Å². The zero-order valence-electron chi connectivity index (χ0n) is 10.7. The Balaban J connectivity index is 1.81. The Labute approximate surface area is 115 Å². The number of benzene rings is 1. The summed E-state index contributed by atoms with van der Waals surface area (Å²) in [5, 5.41) is 22.3. The van der Waals surface area contributed by atoms with Crippen molar-refractivity contribution >= 4 is 11.7 Å². The quantitative estimate of drug-likeness (QED) is 0.749. The average Bonchev–Trinajstić information content (AvgIpc) is 2.35. The van der Waals surface area contributed by atoms with Crippen LogP contribution in [-0.2, 0) is 4.79 Å². The molecular formula is C15H15NO4. The van der Waals surface area contributed by atoms with Gasteiger partial charge in [-0.3, -0.25) is 9.59 Å². The van der Waals surface area contributed by atoms with Gasteiger partial charge >= 0.3 is 0 Å². The van der Waals surface area contributed by atoms with E-state index in [4.69, 9.17) is 0 Å². The standard InChI is InChI=1S/C15H15NO4/c17-12-4-2-1-3-10(12)15(20)16-11-7-13(18)8-5-6-9(8)14(11)19/h1-4,7-9,14,17,19H,5-6H2,(H,16,20)/t8-,9+,14+/m0/s1. The van der Waals surface area contributed by atoms with Crippen LogP contribution in [0.2, 0.25) is 0 Å². The molecule has 20 heavy (non-hydrogen) atoms. The van der Waals surface area contributed by atoms with Crippen molar-refractivity contribution in [3.05, 3.63) is 41.6 Å². The number of fused-ring (bicyclic) bond motifs is 1. The van der Waals surface area contributed by atoms with E-state index in [2.05, 4.69) is 5.32 Å². The maximum Gasteiger partial charge on any atom is 0.259 e. The monoisotopic (exact) mass is 273 g/mol. The maximum atomic E-state index is 12.1. The van der Waals surface area contributed by atoms with Crippen LogP contribution in [0.1, 0.15) is 23.2 Å². The normalized spacial score (nSPS) is 28.1. The van der Waals surface area contributed by atoms with Gasteiger partial charge in [-0.25, -0.2) is 0 Å². The second-order valence-corrected chi connectivity index (χ2v) is 5.27. The summed E-state index contributed by atoms with van der Waals surface area (Å²) in [6.45, 7) is 0. The van der Waals surface area contributed by atoms with Crippen LogP contribution in [0.4, 0.5) is 0 Å². The number of ketones is 1. The first kappa shape index (κ1) is 12.9. The van der Waals surface area contributed by atoms with Gasteiger partial charge in [-0.05, 0) is 25.0 Å². The van der Waals surface area contributed by atoms with E-state index in [1.165, 1.54) is 18.2 Å². The van der Waals surface area contributed by atoms with Gasteiger partial charge in [0.2, 0.25) is 0 Å². The molecule has 3 atom stereocenters. The van der Waals surface area contributed by atoms with E-state index in [0.717, 1.165) is 12.8 Å². The summed E-state index contributed by atoms with van der Waals surface area (Å²) in [5.74, 6) is -0.898. The van der Waals surface area contributed by atoms with Crippen molar-refractivity contribution in [1.82, 2.24) is 5.32 Å². The first-order valence-electron chi connectivity index (χ1n) is 6.61. The van der Waals surface area contributed by atoms with Crippen LogP contribution in [0.5, 0.6) is 5.75 Å². The molecule has 0 saturated heterocycles. The van der Waals surface area contributed by atoms with Crippen LogP contribution in [0.3, 0.4) is 0 Å². The van der Waals surface area contributed by atoms with E-state index in [1.807, 2.05) is 0 Å².